The average Bonchev–Trinajstić information content (AvgIpc) is 2.55. The van der Waals surface area contributed by atoms with Gasteiger partial charge in [-0.15, -0.1) is 0 Å². The van der Waals surface area contributed by atoms with E-state index in [0.717, 1.165) is 30.4 Å². The third-order valence-corrected chi connectivity index (χ3v) is 5.70. The van der Waals surface area contributed by atoms with Gasteiger partial charge in [-0.3, -0.25) is 0 Å². The summed E-state index contributed by atoms with van der Waals surface area (Å²) in [5, 5.41) is 0. The molecule has 0 aliphatic rings. The fraction of sp³-hybridized carbons (Fsp3) is 0.400. The highest BCUT2D eigenvalue weighted by Crippen LogP contribution is 2.15. The van der Waals surface area contributed by atoms with E-state index >= 15 is 0 Å². The Labute approximate surface area is 146 Å². The third-order valence-electron chi connectivity index (χ3n) is 4.16. The Morgan fingerprint density at radius 2 is 1.46 bits per heavy atom. The van der Waals surface area contributed by atoms with Crippen LogP contribution in [0.15, 0.2) is 53.4 Å². The second kappa shape index (κ2) is 8.45. The Morgan fingerprint density at radius 3 is 2.00 bits per heavy atom. The Bertz CT molecular complexity index is 734. The molecule has 0 aromatic heterocycles. The molecule has 1 unspecified atom stereocenters. The molecule has 0 amide bonds. The zero-order valence-electron chi connectivity index (χ0n) is 14.7. The van der Waals surface area contributed by atoms with E-state index in [2.05, 4.69) is 42.8 Å². The summed E-state index contributed by atoms with van der Waals surface area (Å²) in [7, 11) is -3.48. The Kier molecular flexibility index (Phi) is 6.58. The maximum absolute atomic E-state index is 12.7. The van der Waals surface area contributed by atoms with Crippen LogP contribution < -0.4 is 4.72 Å². The van der Waals surface area contributed by atoms with Crippen LogP contribution >= 0.6 is 0 Å². The lowest BCUT2D eigenvalue weighted by Gasteiger charge is -2.19. The van der Waals surface area contributed by atoms with Crippen LogP contribution in [-0.2, 0) is 16.4 Å². The van der Waals surface area contributed by atoms with Crippen LogP contribution in [0.25, 0.3) is 0 Å². The number of unbranched alkanes of at least 4 members (excludes halogenated alkanes) is 1. The summed E-state index contributed by atoms with van der Waals surface area (Å²) in [5.74, 6) is 0. The predicted molar refractivity (Wildman–Crippen MR) is 99.7 cm³/mol. The van der Waals surface area contributed by atoms with Crippen LogP contribution in [0.2, 0.25) is 0 Å². The van der Waals surface area contributed by atoms with E-state index in [1.54, 1.807) is 12.1 Å². The summed E-state index contributed by atoms with van der Waals surface area (Å²) in [5.41, 5.74) is 3.42. The van der Waals surface area contributed by atoms with Crippen LogP contribution in [0, 0.1) is 13.8 Å². The Hall–Kier alpha value is -1.65. The second-order valence-corrected chi connectivity index (χ2v) is 8.18. The highest BCUT2D eigenvalue weighted by molar-refractivity contribution is 7.89. The smallest absolute Gasteiger partial charge is 0.208 e. The monoisotopic (exact) mass is 345 g/mol. The summed E-state index contributed by atoms with van der Waals surface area (Å²) in [6.45, 7) is 6.13. The zero-order valence-corrected chi connectivity index (χ0v) is 15.6. The van der Waals surface area contributed by atoms with Crippen molar-refractivity contribution in [3.63, 3.8) is 0 Å². The minimum absolute atomic E-state index is 0.0843. The third kappa shape index (κ3) is 5.46. The number of hydrogen-bond donors (Lipinski definition) is 1. The average molecular weight is 346 g/mol. The van der Waals surface area contributed by atoms with Gasteiger partial charge in [0.25, 0.3) is 0 Å². The van der Waals surface area contributed by atoms with Crippen molar-refractivity contribution < 1.29 is 8.42 Å². The Balaban J connectivity index is 2.14. The molecule has 0 aliphatic carbocycles. The van der Waals surface area contributed by atoms with Crippen molar-refractivity contribution in [3.05, 3.63) is 65.2 Å². The lowest BCUT2D eigenvalue weighted by atomic mass is 10.0. The molecule has 24 heavy (non-hydrogen) atoms. The number of nitrogens with one attached hydrogen (secondary N) is 1. The summed E-state index contributed by atoms with van der Waals surface area (Å²) in [6.07, 6.45) is 3.62. The second-order valence-electron chi connectivity index (χ2n) is 6.46. The van der Waals surface area contributed by atoms with Gasteiger partial charge in [0, 0.05) is 6.04 Å². The van der Waals surface area contributed by atoms with Gasteiger partial charge >= 0.3 is 0 Å². The first-order chi connectivity index (χ1) is 11.4. The van der Waals surface area contributed by atoms with Gasteiger partial charge in [-0.05, 0) is 44.4 Å². The summed E-state index contributed by atoms with van der Waals surface area (Å²) >= 11 is 0. The van der Waals surface area contributed by atoms with Crippen molar-refractivity contribution >= 4 is 10.0 Å². The van der Waals surface area contributed by atoms with E-state index < -0.39 is 10.0 Å². The van der Waals surface area contributed by atoms with Crippen molar-refractivity contribution in [2.24, 2.45) is 0 Å². The molecule has 2 rings (SSSR count). The molecule has 130 valence electrons. The molecule has 0 bridgehead atoms. The molecule has 2 aromatic rings. The van der Waals surface area contributed by atoms with Gasteiger partial charge in [0.2, 0.25) is 10.0 Å². The standard InChI is InChI=1S/C20H27NO2S/c1-4-5-6-19(15-18-11-7-16(2)8-12-18)21-24(22,23)20-13-9-17(3)10-14-20/h7-14,19,21H,4-6,15H2,1-3H3. The van der Waals surface area contributed by atoms with Gasteiger partial charge in [-0.1, -0.05) is 67.3 Å². The van der Waals surface area contributed by atoms with Gasteiger partial charge in [0.1, 0.15) is 0 Å². The number of sulfonamides is 1. The van der Waals surface area contributed by atoms with Gasteiger partial charge in [-0.2, -0.15) is 0 Å². The SMILES string of the molecule is CCCCC(Cc1ccc(C)cc1)NS(=O)(=O)c1ccc(C)cc1. The number of benzene rings is 2. The first kappa shape index (κ1) is 18.7. The largest absolute Gasteiger partial charge is 0.240 e. The van der Waals surface area contributed by atoms with E-state index in [9.17, 15) is 8.42 Å². The lowest BCUT2D eigenvalue weighted by Crippen LogP contribution is -2.36. The molecule has 0 heterocycles. The van der Waals surface area contributed by atoms with Crippen LogP contribution in [0.4, 0.5) is 0 Å². The van der Waals surface area contributed by atoms with E-state index in [-0.39, 0.29) is 6.04 Å². The lowest BCUT2D eigenvalue weighted by molar-refractivity contribution is 0.509. The van der Waals surface area contributed by atoms with Gasteiger partial charge < -0.3 is 0 Å². The van der Waals surface area contributed by atoms with E-state index in [4.69, 9.17) is 0 Å². The van der Waals surface area contributed by atoms with E-state index in [1.165, 1.54) is 5.56 Å². The molecule has 0 spiro atoms. The van der Waals surface area contributed by atoms with Gasteiger partial charge in [0.15, 0.2) is 0 Å². The predicted octanol–water partition coefficient (Wildman–Crippen LogP) is 4.38. The number of aryl methyl sites for hydroxylation is 2. The van der Waals surface area contributed by atoms with Crippen molar-refractivity contribution in [1.29, 1.82) is 0 Å². The molecular formula is C20H27NO2S. The first-order valence-corrected chi connectivity index (χ1v) is 10.0. The minimum Gasteiger partial charge on any atom is -0.208 e. The molecule has 4 heteroatoms. The summed E-state index contributed by atoms with van der Waals surface area (Å²) in [6, 6.07) is 15.2. The number of rotatable bonds is 8. The molecule has 0 fully saturated rings. The van der Waals surface area contributed by atoms with Crippen molar-refractivity contribution in [2.45, 2.75) is 57.4 Å². The maximum Gasteiger partial charge on any atom is 0.240 e. The zero-order chi connectivity index (χ0) is 17.6. The highest BCUT2D eigenvalue weighted by atomic mass is 32.2. The molecule has 2 aromatic carbocycles. The van der Waals surface area contributed by atoms with E-state index in [0.29, 0.717) is 11.3 Å². The van der Waals surface area contributed by atoms with Crippen molar-refractivity contribution in [3.8, 4) is 0 Å². The summed E-state index contributed by atoms with van der Waals surface area (Å²) < 4.78 is 28.2. The van der Waals surface area contributed by atoms with Crippen LogP contribution in [0.1, 0.15) is 42.9 Å². The molecule has 0 aliphatic heterocycles. The van der Waals surface area contributed by atoms with Crippen molar-refractivity contribution in [1.82, 2.24) is 4.72 Å². The molecule has 3 nitrogen and oxygen atoms in total. The maximum atomic E-state index is 12.7. The fourth-order valence-electron chi connectivity index (χ4n) is 2.67. The Morgan fingerprint density at radius 1 is 0.917 bits per heavy atom. The van der Waals surface area contributed by atoms with E-state index in [1.807, 2.05) is 19.1 Å². The van der Waals surface area contributed by atoms with Crippen LogP contribution in [0.3, 0.4) is 0 Å². The van der Waals surface area contributed by atoms with Gasteiger partial charge in [-0.25, -0.2) is 13.1 Å². The molecule has 1 N–H and O–H groups in total. The fourth-order valence-corrected chi connectivity index (χ4v) is 3.94. The number of hydrogen-bond acceptors (Lipinski definition) is 2. The van der Waals surface area contributed by atoms with Crippen LogP contribution in [0.5, 0.6) is 0 Å². The van der Waals surface area contributed by atoms with Crippen molar-refractivity contribution in [2.75, 3.05) is 0 Å². The first-order valence-electron chi connectivity index (χ1n) is 8.55. The van der Waals surface area contributed by atoms with Crippen LogP contribution in [-0.4, -0.2) is 14.5 Å². The molecule has 0 saturated carbocycles. The summed E-state index contributed by atoms with van der Waals surface area (Å²) in [4.78, 5) is 0.332. The molecule has 0 radical (unpaired) electrons. The normalized spacial score (nSPS) is 13.0. The quantitative estimate of drug-likeness (QED) is 0.771. The molecule has 0 saturated heterocycles. The molecular weight excluding hydrogens is 318 g/mol. The molecule has 1 atom stereocenters. The van der Waals surface area contributed by atoms with Gasteiger partial charge in [0.05, 0.1) is 4.90 Å². The minimum atomic E-state index is -3.48. The highest BCUT2D eigenvalue weighted by Gasteiger charge is 2.20. The topological polar surface area (TPSA) is 46.2 Å².